The number of likely N-dealkylation sites (tertiary alicyclic amines) is 1. The molecule has 1 saturated carbocycles. The molecule has 3 atom stereocenters. The summed E-state index contributed by atoms with van der Waals surface area (Å²) in [5.41, 5.74) is -0.489. The van der Waals surface area contributed by atoms with Gasteiger partial charge in [-0.3, -0.25) is 4.90 Å². The van der Waals surface area contributed by atoms with E-state index in [9.17, 15) is 4.79 Å². The normalized spacial score (nSPS) is 29.3. The Hall–Kier alpha value is -0.610. The first kappa shape index (κ1) is 16.8. The number of hydrogen-bond donors (Lipinski definition) is 1. The molecule has 2 fully saturated rings. The highest BCUT2D eigenvalue weighted by Gasteiger charge is 2.53. The third-order valence-electron chi connectivity index (χ3n) is 5.26. The van der Waals surface area contributed by atoms with Crippen LogP contribution in [0.15, 0.2) is 0 Å². The molecule has 0 radical (unpaired) electrons. The van der Waals surface area contributed by atoms with Crippen LogP contribution >= 0.6 is 0 Å². The second-order valence-corrected chi connectivity index (χ2v) is 6.66. The fourth-order valence-corrected chi connectivity index (χ4v) is 3.92. The van der Waals surface area contributed by atoms with Crippen LogP contribution in [-0.2, 0) is 9.53 Å². The lowest BCUT2D eigenvalue weighted by molar-refractivity contribution is -0.153. The van der Waals surface area contributed by atoms with Crippen molar-refractivity contribution in [2.45, 2.75) is 77.4 Å². The number of nitrogens with zero attached hydrogens (tertiary/aromatic N) is 1. The van der Waals surface area contributed by atoms with Gasteiger partial charge in [0.25, 0.3) is 0 Å². The Labute approximate surface area is 129 Å². The van der Waals surface area contributed by atoms with Gasteiger partial charge in [-0.1, -0.05) is 13.8 Å². The molecule has 1 aliphatic carbocycles. The quantitative estimate of drug-likeness (QED) is 0.699. The summed E-state index contributed by atoms with van der Waals surface area (Å²) in [6, 6.07) is 1.19. The third kappa shape index (κ3) is 3.42. The zero-order valence-corrected chi connectivity index (χ0v) is 14.2. The molecule has 0 spiro atoms. The number of esters is 1. The third-order valence-corrected chi connectivity index (χ3v) is 5.26. The molecule has 21 heavy (non-hydrogen) atoms. The fourth-order valence-electron chi connectivity index (χ4n) is 3.92. The number of hydrogen-bond acceptors (Lipinski definition) is 4. The van der Waals surface area contributed by atoms with Gasteiger partial charge in [0, 0.05) is 18.6 Å². The summed E-state index contributed by atoms with van der Waals surface area (Å²) in [5.74, 6) is 0.408. The van der Waals surface area contributed by atoms with Gasteiger partial charge in [0.1, 0.15) is 5.54 Å². The van der Waals surface area contributed by atoms with E-state index >= 15 is 0 Å². The van der Waals surface area contributed by atoms with Gasteiger partial charge in [-0.25, -0.2) is 4.79 Å². The monoisotopic (exact) mass is 296 g/mol. The molecule has 1 saturated heterocycles. The molecule has 4 nitrogen and oxygen atoms in total. The molecular weight excluding hydrogens is 264 g/mol. The first-order valence-electron chi connectivity index (χ1n) is 8.77. The van der Waals surface area contributed by atoms with Gasteiger partial charge >= 0.3 is 5.97 Å². The Balaban J connectivity index is 2.20. The molecule has 4 heteroatoms. The van der Waals surface area contributed by atoms with Crippen molar-refractivity contribution >= 4 is 5.97 Å². The molecule has 1 aliphatic heterocycles. The molecular formula is C17H32N2O2. The van der Waals surface area contributed by atoms with Gasteiger partial charge < -0.3 is 10.1 Å². The van der Waals surface area contributed by atoms with Crippen LogP contribution in [0.25, 0.3) is 0 Å². The molecule has 1 N–H and O–H groups in total. The van der Waals surface area contributed by atoms with Crippen molar-refractivity contribution in [2.24, 2.45) is 5.92 Å². The van der Waals surface area contributed by atoms with Crippen LogP contribution in [-0.4, -0.2) is 48.2 Å². The van der Waals surface area contributed by atoms with E-state index in [1.54, 1.807) is 0 Å². The van der Waals surface area contributed by atoms with Gasteiger partial charge in [-0.15, -0.1) is 0 Å². The van der Waals surface area contributed by atoms with Crippen LogP contribution in [0, 0.1) is 5.92 Å². The summed E-state index contributed by atoms with van der Waals surface area (Å²) >= 11 is 0. The number of nitrogens with one attached hydrogen (secondary N) is 1. The Kier molecular flexibility index (Phi) is 5.67. The molecule has 0 aromatic rings. The average molecular weight is 296 g/mol. The van der Waals surface area contributed by atoms with Crippen LogP contribution in [0.3, 0.4) is 0 Å². The van der Waals surface area contributed by atoms with E-state index in [0.29, 0.717) is 24.6 Å². The SMILES string of the molecule is CCNC(CN1C(C)CCC1CC)(C(=O)OCC)C1CC1. The summed E-state index contributed by atoms with van der Waals surface area (Å²) in [4.78, 5) is 15.3. The number of rotatable bonds is 8. The summed E-state index contributed by atoms with van der Waals surface area (Å²) in [7, 11) is 0. The molecule has 122 valence electrons. The molecule has 3 unspecified atom stereocenters. The average Bonchev–Trinajstić information content (AvgIpc) is 3.25. The van der Waals surface area contributed by atoms with E-state index < -0.39 is 5.54 Å². The van der Waals surface area contributed by atoms with E-state index in [2.05, 4.69) is 31.0 Å². The molecule has 0 amide bonds. The fraction of sp³-hybridized carbons (Fsp3) is 0.941. The van der Waals surface area contributed by atoms with Gasteiger partial charge in [-0.2, -0.15) is 0 Å². The predicted octanol–water partition coefficient (Wildman–Crippen LogP) is 2.57. The molecule has 2 aliphatic rings. The van der Waals surface area contributed by atoms with E-state index in [4.69, 9.17) is 4.74 Å². The minimum atomic E-state index is -0.489. The zero-order chi connectivity index (χ0) is 15.5. The van der Waals surface area contributed by atoms with Crippen LogP contribution in [0.2, 0.25) is 0 Å². The first-order valence-corrected chi connectivity index (χ1v) is 8.77. The Morgan fingerprint density at radius 2 is 1.95 bits per heavy atom. The zero-order valence-electron chi connectivity index (χ0n) is 14.2. The van der Waals surface area contributed by atoms with Crippen LogP contribution < -0.4 is 5.32 Å². The van der Waals surface area contributed by atoms with Crippen molar-refractivity contribution in [3.63, 3.8) is 0 Å². The molecule has 0 bridgehead atoms. The maximum atomic E-state index is 12.7. The van der Waals surface area contributed by atoms with Crippen LogP contribution in [0.1, 0.15) is 59.8 Å². The van der Waals surface area contributed by atoms with E-state index in [0.717, 1.165) is 25.9 Å². The minimum Gasteiger partial charge on any atom is -0.465 e. The number of carbonyl (C=O) groups excluding carboxylic acids is 1. The van der Waals surface area contributed by atoms with Crippen molar-refractivity contribution in [2.75, 3.05) is 19.7 Å². The predicted molar refractivity (Wildman–Crippen MR) is 85.2 cm³/mol. The van der Waals surface area contributed by atoms with Crippen molar-refractivity contribution in [1.29, 1.82) is 0 Å². The summed E-state index contributed by atoms with van der Waals surface area (Å²) < 4.78 is 5.45. The lowest BCUT2D eigenvalue weighted by Gasteiger charge is -2.39. The summed E-state index contributed by atoms with van der Waals surface area (Å²) in [5, 5.41) is 3.52. The highest BCUT2D eigenvalue weighted by molar-refractivity contribution is 5.82. The number of likely N-dealkylation sites (N-methyl/N-ethyl adjacent to an activating group) is 1. The maximum Gasteiger partial charge on any atom is 0.327 e. The van der Waals surface area contributed by atoms with Crippen LogP contribution in [0.4, 0.5) is 0 Å². The highest BCUT2D eigenvalue weighted by atomic mass is 16.5. The largest absolute Gasteiger partial charge is 0.465 e. The van der Waals surface area contributed by atoms with E-state index in [-0.39, 0.29) is 5.97 Å². The summed E-state index contributed by atoms with van der Waals surface area (Å²) in [6.07, 6.45) is 5.96. The molecule has 0 aromatic carbocycles. The van der Waals surface area contributed by atoms with Gasteiger partial charge in [-0.05, 0) is 58.4 Å². The maximum absolute atomic E-state index is 12.7. The Morgan fingerprint density at radius 3 is 2.48 bits per heavy atom. The molecule has 1 heterocycles. The smallest absolute Gasteiger partial charge is 0.327 e. The second-order valence-electron chi connectivity index (χ2n) is 6.66. The van der Waals surface area contributed by atoms with Gasteiger partial charge in [0.2, 0.25) is 0 Å². The molecule has 0 aromatic heterocycles. The van der Waals surface area contributed by atoms with Gasteiger partial charge in [0.15, 0.2) is 0 Å². The van der Waals surface area contributed by atoms with Crippen molar-refractivity contribution < 1.29 is 9.53 Å². The number of ether oxygens (including phenoxy) is 1. The summed E-state index contributed by atoms with van der Waals surface area (Å²) in [6.45, 7) is 10.6. The highest BCUT2D eigenvalue weighted by Crippen LogP contribution is 2.42. The van der Waals surface area contributed by atoms with E-state index in [1.807, 2.05) is 6.92 Å². The van der Waals surface area contributed by atoms with Crippen molar-refractivity contribution in [1.82, 2.24) is 10.2 Å². The van der Waals surface area contributed by atoms with Crippen LogP contribution in [0.5, 0.6) is 0 Å². The Bertz CT molecular complexity index is 357. The standard InChI is InChI=1S/C17H32N2O2/c1-5-15-11-8-13(4)19(15)12-17(18-6-2,14-9-10-14)16(20)21-7-3/h13-15,18H,5-12H2,1-4H3. The van der Waals surface area contributed by atoms with E-state index in [1.165, 1.54) is 19.3 Å². The van der Waals surface area contributed by atoms with Gasteiger partial charge in [0.05, 0.1) is 6.61 Å². The topological polar surface area (TPSA) is 41.6 Å². The second kappa shape index (κ2) is 7.10. The minimum absolute atomic E-state index is 0.0386. The lowest BCUT2D eigenvalue weighted by Crippen LogP contribution is -2.62. The lowest BCUT2D eigenvalue weighted by atomic mass is 9.91. The molecule has 2 rings (SSSR count). The number of carbonyl (C=O) groups is 1. The van der Waals surface area contributed by atoms with Crippen molar-refractivity contribution in [3.05, 3.63) is 0 Å². The first-order chi connectivity index (χ1) is 10.1. The Morgan fingerprint density at radius 1 is 1.24 bits per heavy atom. The van der Waals surface area contributed by atoms with Crippen molar-refractivity contribution in [3.8, 4) is 0 Å².